The van der Waals surface area contributed by atoms with Gasteiger partial charge < -0.3 is 20.9 Å². The Morgan fingerprint density at radius 2 is 1.68 bits per heavy atom. The molecule has 5 rings (SSSR count). The zero-order valence-corrected chi connectivity index (χ0v) is 23.7. The number of amides is 2. The molecule has 0 unspecified atom stereocenters. The molecule has 0 saturated carbocycles. The molecule has 3 N–H and O–H groups in total. The van der Waals surface area contributed by atoms with E-state index in [9.17, 15) is 18.0 Å². The highest BCUT2D eigenvalue weighted by Crippen LogP contribution is 2.37. The fraction of sp³-hybridized carbons (Fsp3) is 0.310. The Balaban J connectivity index is 1.37. The highest BCUT2D eigenvalue weighted by Gasteiger charge is 2.23. The number of carbonyl (C=O) groups excluding carboxylic acids is 2. The van der Waals surface area contributed by atoms with Crippen molar-refractivity contribution in [2.45, 2.75) is 0 Å². The van der Waals surface area contributed by atoms with Crippen LogP contribution in [0.3, 0.4) is 0 Å². The van der Waals surface area contributed by atoms with E-state index in [1.807, 2.05) is 18.2 Å². The molecule has 0 radical (unpaired) electrons. The lowest BCUT2D eigenvalue weighted by atomic mass is 10.0. The van der Waals surface area contributed by atoms with Crippen LogP contribution in [0.15, 0.2) is 60.7 Å². The van der Waals surface area contributed by atoms with Gasteiger partial charge in [0.05, 0.1) is 34.6 Å². The second-order valence-corrected chi connectivity index (χ2v) is 12.3. The van der Waals surface area contributed by atoms with Gasteiger partial charge in [-0.25, -0.2) is 8.42 Å². The molecule has 40 heavy (non-hydrogen) atoms. The Morgan fingerprint density at radius 1 is 0.925 bits per heavy atom. The number of para-hydroxylation sites is 1. The van der Waals surface area contributed by atoms with Gasteiger partial charge in [0.15, 0.2) is 0 Å². The third-order valence-corrected chi connectivity index (χ3v) is 8.62. The molecule has 2 amide bonds. The second-order valence-electron chi connectivity index (χ2n) is 10.2. The number of rotatable bonds is 7. The minimum Gasteiger partial charge on any atom is -0.353 e. The average Bonchev–Trinajstić information content (AvgIpc) is 3.07. The van der Waals surface area contributed by atoms with Crippen LogP contribution in [0.1, 0.15) is 20.7 Å². The van der Waals surface area contributed by atoms with E-state index < -0.39 is 10.0 Å². The highest BCUT2D eigenvalue weighted by atomic mass is 32.2. The van der Waals surface area contributed by atoms with E-state index in [1.54, 1.807) is 42.5 Å². The molecule has 1 saturated heterocycles. The fourth-order valence-electron chi connectivity index (χ4n) is 4.92. The van der Waals surface area contributed by atoms with E-state index in [2.05, 4.69) is 32.8 Å². The topological polar surface area (TPSA) is 114 Å². The number of carbonyl (C=O) groups is 2. The number of sulfonamides is 1. The van der Waals surface area contributed by atoms with Crippen LogP contribution in [-0.2, 0) is 10.0 Å². The zero-order chi connectivity index (χ0) is 28.4. The average molecular weight is 563 g/mol. The molecule has 0 atom stereocenters. The molecule has 3 aromatic rings. The summed E-state index contributed by atoms with van der Waals surface area (Å²) in [5.41, 5.74) is 4.61. The van der Waals surface area contributed by atoms with Crippen LogP contribution in [0, 0.1) is 0 Å². The molecule has 1 fully saturated rings. The highest BCUT2D eigenvalue weighted by molar-refractivity contribution is 7.92. The molecule has 0 aromatic heterocycles. The molecule has 210 valence electrons. The van der Waals surface area contributed by atoms with Crippen LogP contribution in [0.2, 0.25) is 0 Å². The standard InChI is InChI=1S/C29H34N6O4S/c1-33-14-16-35(17-15-33)13-12-30-28(36)21-9-11-24-26(19-21)31-25-18-20(8-10-23(25)29(37)32-24)22-6-4-5-7-27(22)34(2)40(3,38)39/h4-11,18-19,31H,12-17H2,1-3H3,(H,30,36)(H,32,37). The number of nitrogens with one attached hydrogen (secondary N) is 3. The van der Waals surface area contributed by atoms with Gasteiger partial charge in [-0.15, -0.1) is 0 Å². The minimum absolute atomic E-state index is 0.180. The number of nitrogens with zero attached hydrogens (tertiary/aromatic N) is 3. The van der Waals surface area contributed by atoms with E-state index in [-0.39, 0.29) is 11.8 Å². The molecular formula is C29H34N6O4S. The van der Waals surface area contributed by atoms with Gasteiger partial charge in [-0.3, -0.25) is 18.8 Å². The number of hydrogen-bond acceptors (Lipinski definition) is 7. The Hall–Kier alpha value is -3.93. The van der Waals surface area contributed by atoms with Crippen molar-refractivity contribution in [3.8, 4) is 11.1 Å². The third kappa shape index (κ3) is 5.96. The molecule has 11 heteroatoms. The maximum absolute atomic E-state index is 13.0. The summed E-state index contributed by atoms with van der Waals surface area (Å²) < 4.78 is 25.7. The van der Waals surface area contributed by atoms with Gasteiger partial charge in [0.1, 0.15) is 0 Å². The number of likely N-dealkylation sites (N-methyl/N-ethyl adjacent to an activating group) is 1. The lowest BCUT2D eigenvalue weighted by molar-refractivity contribution is 0.0940. The number of fused-ring (bicyclic) bond motifs is 2. The summed E-state index contributed by atoms with van der Waals surface area (Å²) in [6, 6.07) is 17.7. The van der Waals surface area contributed by atoms with Crippen molar-refractivity contribution >= 4 is 44.6 Å². The normalized spacial score (nSPS) is 15.7. The van der Waals surface area contributed by atoms with Gasteiger partial charge in [-0.05, 0) is 49.0 Å². The van der Waals surface area contributed by atoms with Crippen LogP contribution in [-0.4, -0.2) is 89.7 Å². The fourth-order valence-corrected chi connectivity index (χ4v) is 5.43. The van der Waals surface area contributed by atoms with E-state index in [1.165, 1.54) is 11.4 Å². The van der Waals surface area contributed by atoms with Crippen molar-refractivity contribution in [1.29, 1.82) is 0 Å². The third-order valence-electron chi connectivity index (χ3n) is 7.42. The Kier molecular flexibility index (Phi) is 7.79. The van der Waals surface area contributed by atoms with Gasteiger partial charge in [0.2, 0.25) is 10.0 Å². The first kappa shape index (κ1) is 27.6. The lowest BCUT2D eigenvalue weighted by Crippen LogP contribution is -2.46. The van der Waals surface area contributed by atoms with Crippen LogP contribution in [0.25, 0.3) is 11.1 Å². The van der Waals surface area contributed by atoms with E-state index in [0.29, 0.717) is 46.0 Å². The van der Waals surface area contributed by atoms with Gasteiger partial charge in [-0.2, -0.15) is 0 Å². The van der Waals surface area contributed by atoms with E-state index in [4.69, 9.17) is 0 Å². The Labute approximate surface area is 235 Å². The first-order chi connectivity index (χ1) is 19.1. The second kappa shape index (κ2) is 11.3. The van der Waals surface area contributed by atoms with Crippen LogP contribution < -0.4 is 20.3 Å². The van der Waals surface area contributed by atoms with Gasteiger partial charge in [0.25, 0.3) is 11.8 Å². The van der Waals surface area contributed by atoms with Gasteiger partial charge in [-0.1, -0.05) is 24.3 Å². The van der Waals surface area contributed by atoms with Crippen molar-refractivity contribution in [1.82, 2.24) is 15.1 Å². The van der Waals surface area contributed by atoms with Crippen LogP contribution in [0.4, 0.5) is 22.7 Å². The molecule has 2 aliphatic rings. The summed E-state index contributed by atoms with van der Waals surface area (Å²) in [6.07, 6.45) is 1.16. The predicted molar refractivity (Wildman–Crippen MR) is 159 cm³/mol. The van der Waals surface area contributed by atoms with Crippen molar-refractivity contribution in [2.24, 2.45) is 0 Å². The maximum Gasteiger partial charge on any atom is 0.257 e. The number of benzene rings is 3. The predicted octanol–water partition coefficient (Wildman–Crippen LogP) is 3.04. The zero-order valence-electron chi connectivity index (χ0n) is 22.9. The van der Waals surface area contributed by atoms with Crippen molar-refractivity contribution in [2.75, 3.05) is 74.6 Å². The molecule has 2 heterocycles. The molecular weight excluding hydrogens is 528 g/mol. The quantitative estimate of drug-likeness (QED) is 0.406. The molecule has 2 aliphatic heterocycles. The van der Waals surface area contributed by atoms with E-state index >= 15 is 0 Å². The smallest absolute Gasteiger partial charge is 0.257 e. The summed E-state index contributed by atoms with van der Waals surface area (Å²) in [7, 11) is 0.150. The number of anilines is 4. The summed E-state index contributed by atoms with van der Waals surface area (Å²) in [5.74, 6) is -0.459. The monoisotopic (exact) mass is 562 g/mol. The summed E-state index contributed by atoms with van der Waals surface area (Å²) in [4.78, 5) is 30.6. The van der Waals surface area contributed by atoms with Gasteiger partial charge >= 0.3 is 0 Å². The number of piperazine rings is 1. The summed E-state index contributed by atoms with van der Waals surface area (Å²) in [6.45, 7) is 5.39. The summed E-state index contributed by atoms with van der Waals surface area (Å²) in [5, 5.41) is 9.24. The number of hydrogen-bond donors (Lipinski definition) is 3. The van der Waals surface area contributed by atoms with Crippen LogP contribution >= 0.6 is 0 Å². The largest absolute Gasteiger partial charge is 0.353 e. The Morgan fingerprint density at radius 3 is 2.42 bits per heavy atom. The SMILES string of the molecule is CN1CCN(CCNC(=O)c2ccc3c(c2)Nc2cc(-c4ccccc4N(C)S(C)(=O)=O)ccc2C(=O)N3)CC1. The van der Waals surface area contributed by atoms with Crippen molar-refractivity contribution < 1.29 is 18.0 Å². The van der Waals surface area contributed by atoms with E-state index in [0.717, 1.165) is 44.5 Å². The summed E-state index contributed by atoms with van der Waals surface area (Å²) >= 11 is 0. The van der Waals surface area contributed by atoms with Crippen molar-refractivity contribution in [3.63, 3.8) is 0 Å². The molecule has 10 nitrogen and oxygen atoms in total. The molecule has 3 aromatic carbocycles. The Bertz CT molecular complexity index is 1550. The first-order valence-electron chi connectivity index (χ1n) is 13.2. The minimum atomic E-state index is -3.48. The van der Waals surface area contributed by atoms with Crippen molar-refractivity contribution in [3.05, 3.63) is 71.8 Å². The molecule has 0 bridgehead atoms. The molecule has 0 spiro atoms. The first-order valence-corrected chi connectivity index (χ1v) is 15.0. The van der Waals surface area contributed by atoms with Gasteiger partial charge in [0, 0.05) is 57.4 Å². The maximum atomic E-state index is 13.0. The molecule has 0 aliphatic carbocycles. The lowest BCUT2D eigenvalue weighted by Gasteiger charge is -2.32. The van der Waals surface area contributed by atoms with Crippen LogP contribution in [0.5, 0.6) is 0 Å².